The van der Waals surface area contributed by atoms with E-state index in [0.717, 1.165) is 50.3 Å². The minimum atomic E-state index is -0.00841. The van der Waals surface area contributed by atoms with Gasteiger partial charge in [-0.25, -0.2) is 0 Å². The van der Waals surface area contributed by atoms with E-state index in [2.05, 4.69) is 33.0 Å². The zero-order valence-corrected chi connectivity index (χ0v) is 13.5. The Morgan fingerprint density at radius 2 is 2.13 bits per heavy atom. The minimum Gasteiger partial charge on any atom is -0.338 e. The highest BCUT2D eigenvalue weighted by atomic mass is 16.2. The summed E-state index contributed by atoms with van der Waals surface area (Å²) in [6, 6.07) is 8.37. The van der Waals surface area contributed by atoms with Gasteiger partial charge in [-0.1, -0.05) is 24.3 Å². The lowest BCUT2D eigenvalue weighted by molar-refractivity contribution is -0.132. The van der Waals surface area contributed by atoms with Crippen LogP contribution in [-0.2, 0) is 30.7 Å². The van der Waals surface area contributed by atoms with E-state index < -0.39 is 0 Å². The first-order valence-electron chi connectivity index (χ1n) is 8.48. The maximum absolute atomic E-state index is 13.0. The lowest BCUT2D eigenvalue weighted by Gasteiger charge is -2.28. The fourth-order valence-corrected chi connectivity index (χ4v) is 3.89. The Morgan fingerprint density at radius 3 is 3.04 bits per heavy atom. The zero-order valence-electron chi connectivity index (χ0n) is 13.5. The Kier molecular flexibility index (Phi) is 3.63. The van der Waals surface area contributed by atoms with Crippen molar-refractivity contribution in [3.8, 4) is 0 Å². The maximum atomic E-state index is 13.0. The Balaban J connectivity index is 1.53. The highest BCUT2D eigenvalue weighted by Gasteiger charge is 2.29. The molecule has 5 nitrogen and oxygen atoms in total. The number of hydrogen-bond acceptors (Lipinski definition) is 3. The first-order valence-corrected chi connectivity index (χ1v) is 8.48. The summed E-state index contributed by atoms with van der Waals surface area (Å²) >= 11 is 0. The molecule has 1 aromatic carbocycles. The Morgan fingerprint density at radius 1 is 1.26 bits per heavy atom. The van der Waals surface area contributed by atoms with Crippen LogP contribution in [0.25, 0.3) is 0 Å². The highest BCUT2D eigenvalue weighted by molar-refractivity contribution is 5.84. The minimum absolute atomic E-state index is 0.00841. The first kappa shape index (κ1) is 14.4. The predicted octanol–water partition coefficient (Wildman–Crippen LogP) is 2.30. The lowest BCUT2D eigenvalue weighted by atomic mass is 9.82. The van der Waals surface area contributed by atoms with Crippen molar-refractivity contribution < 1.29 is 4.79 Å². The smallest absolute Gasteiger partial charge is 0.230 e. The molecule has 1 atom stereocenters. The number of carbonyl (C=O) groups excluding carboxylic acids is 1. The van der Waals surface area contributed by atoms with Crippen LogP contribution < -0.4 is 0 Å². The van der Waals surface area contributed by atoms with Gasteiger partial charge >= 0.3 is 0 Å². The summed E-state index contributed by atoms with van der Waals surface area (Å²) in [5.74, 6) is 2.17. The third-order valence-corrected chi connectivity index (χ3v) is 5.11. The molecule has 1 aliphatic carbocycles. The van der Waals surface area contributed by atoms with Crippen molar-refractivity contribution in [3.05, 3.63) is 47.0 Å². The van der Waals surface area contributed by atoms with Crippen molar-refractivity contribution in [2.75, 3.05) is 7.05 Å². The van der Waals surface area contributed by atoms with Gasteiger partial charge in [0.1, 0.15) is 5.82 Å². The second-order valence-electron chi connectivity index (χ2n) is 6.63. The first-order chi connectivity index (χ1) is 11.2. The second kappa shape index (κ2) is 5.80. The summed E-state index contributed by atoms with van der Waals surface area (Å²) in [5.41, 5.74) is 2.54. The normalized spacial score (nSPS) is 19.3. The van der Waals surface area contributed by atoms with Crippen LogP contribution in [0.3, 0.4) is 0 Å². The third kappa shape index (κ3) is 2.54. The van der Waals surface area contributed by atoms with Crippen molar-refractivity contribution in [2.24, 2.45) is 0 Å². The van der Waals surface area contributed by atoms with Crippen LogP contribution in [-0.4, -0.2) is 32.6 Å². The van der Waals surface area contributed by atoms with Gasteiger partial charge in [0.15, 0.2) is 5.82 Å². The number of benzene rings is 1. The molecule has 0 spiro atoms. The van der Waals surface area contributed by atoms with E-state index in [9.17, 15) is 4.79 Å². The van der Waals surface area contributed by atoms with Crippen LogP contribution in [0.1, 0.15) is 48.0 Å². The van der Waals surface area contributed by atoms with Crippen molar-refractivity contribution in [2.45, 2.75) is 51.1 Å². The van der Waals surface area contributed by atoms with Gasteiger partial charge in [-0.05, 0) is 36.8 Å². The zero-order chi connectivity index (χ0) is 15.8. The van der Waals surface area contributed by atoms with E-state index >= 15 is 0 Å². The van der Waals surface area contributed by atoms with Crippen LogP contribution in [0.4, 0.5) is 0 Å². The molecule has 0 bridgehead atoms. The SMILES string of the molecule is CN(Cc1nnc2n1CCC2)C(=O)C1CCCc2ccccc21. The molecule has 120 valence electrons. The van der Waals surface area contributed by atoms with Gasteiger partial charge in [0, 0.05) is 20.0 Å². The highest BCUT2D eigenvalue weighted by Crippen LogP contribution is 2.33. The van der Waals surface area contributed by atoms with E-state index in [1.165, 1.54) is 11.1 Å². The van der Waals surface area contributed by atoms with E-state index in [1.54, 1.807) is 0 Å². The predicted molar refractivity (Wildman–Crippen MR) is 86.9 cm³/mol. The standard InChI is InChI=1S/C18H22N4O/c1-21(12-17-20-19-16-10-5-11-22(16)17)18(23)15-9-4-7-13-6-2-3-8-14(13)15/h2-3,6,8,15H,4-5,7,9-12H2,1H3. The van der Waals surface area contributed by atoms with Gasteiger partial charge in [-0.15, -0.1) is 10.2 Å². The molecule has 2 heterocycles. The number of carbonyl (C=O) groups is 1. The Labute approximate surface area is 136 Å². The molecule has 0 saturated heterocycles. The van der Waals surface area contributed by atoms with Crippen molar-refractivity contribution >= 4 is 5.91 Å². The monoisotopic (exact) mass is 310 g/mol. The van der Waals surface area contributed by atoms with Crippen molar-refractivity contribution in [1.29, 1.82) is 0 Å². The Bertz CT molecular complexity index is 736. The molecule has 4 rings (SSSR count). The van der Waals surface area contributed by atoms with Gasteiger partial charge in [-0.3, -0.25) is 4.79 Å². The summed E-state index contributed by atoms with van der Waals surface area (Å²) in [5, 5.41) is 8.50. The van der Waals surface area contributed by atoms with Gasteiger partial charge < -0.3 is 9.47 Å². The number of aryl methyl sites for hydroxylation is 2. The maximum Gasteiger partial charge on any atom is 0.230 e. The molecule has 0 N–H and O–H groups in total. The molecule has 2 aliphatic rings. The second-order valence-corrected chi connectivity index (χ2v) is 6.63. The number of likely N-dealkylation sites (N-methyl/N-ethyl adjacent to an activating group) is 1. The molecule has 0 radical (unpaired) electrons. The van der Waals surface area contributed by atoms with Crippen molar-refractivity contribution in [3.63, 3.8) is 0 Å². The van der Waals surface area contributed by atoms with Crippen LogP contribution >= 0.6 is 0 Å². The van der Waals surface area contributed by atoms with Gasteiger partial charge in [-0.2, -0.15) is 0 Å². The van der Waals surface area contributed by atoms with Crippen LogP contribution in [0.2, 0.25) is 0 Å². The molecule has 1 aromatic heterocycles. The molecule has 1 amide bonds. The molecule has 23 heavy (non-hydrogen) atoms. The number of hydrogen-bond donors (Lipinski definition) is 0. The molecule has 1 unspecified atom stereocenters. The number of nitrogens with zero attached hydrogens (tertiary/aromatic N) is 4. The summed E-state index contributed by atoms with van der Waals surface area (Å²) in [6.45, 7) is 1.52. The van der Waals surface area contributed by atoms with Crippen LogP contribution in [0.15, 0.2) is 24.3 Å². The average Bonchev–Trinajstić information content (AvgIpc) is 3.18. The molecular formula is C18H22N4O. The lowest BCUT2D eigenvalue weighted by Crippen LogP contribution is -2.33. The largest absolute Gasteiger partial charge is 0.338 e. The molecular weight excluding hydrogens is 288 g/mol. The molecule has 0 fully saturated rings. The van der Waals surface area contributed by atoms with Gasteiger partial charge in [0.2, 0.25) is 5.91 Å². The van der Waals surface area contributed by atoms with E-state index in [4.69, 9.17) is 0 Å². The molecule has 0 saturated carbocycles. The number of amides is 1. The molecule has 2 aromatic rings. The molecule has 1 aliphatic heterocycles. The quantitative estimate of drug-likeness (QED) is 0.874. The molecule has 5 heteroatoms. The van der Waals surface area contributed by atoms with Crippen molar-refractivity contribution in [1.82, 2.24) is 19.7 Å². The van der Waals surface area contributed by atoms with E-state index in [-0.39, 0.29) is 11.8 Å². The summed E-state index contributed by atoms with van der Waals surface area (Å²) in [4.78, 5) is 14.8. The van der Waals surface area contributed by atoms with Crippen LogP contribution in [0, 0.1) is 0 Å². The fourth-order valence-electron chi connectivity index (χ4n) is 3.89. The average molecular weight is 310 g/mol. The number of fused-ring (bicyclic) bond motifs is 2. The third-order valence-electron chi connectivity index (χ3n) is 5.11. The summed E-state index contributed by atoms with van der Waals surface area (Å²) in [6.07, 6.45) is 5.24. The number of rotatable bonds is 3. The van der Waals surface area contributed by atoms with Gasteiger partial charge in [0.25, 0.3) is 0 Å². The topological polar surface area (TPSA) is 51.0 Å². The van der Waals surface area contributed by atoms with Crippen LogP contribution in [0.5, 0.6) is 0 Å². The number of aromatic nitrogens is 3. The summed E-state index contributed by atoms with van der Waals surface area (Å²) in [7, 11) is 1.89. The van der Waals surface area contributed by atoms with E-state index in [0.29, 0.717) is 6.54 Å². The van der Waals surface area contributed by atoms with Gasteiger partial charge in [0.05, 0.1) is 12.5 Å². The fraction of sp³-hybridized carbons (Fsp3) is 0.500. The summed E-state index contributed by atoms with van der Waals surface area (Å²) < 4.78 is 2.17. The van der Waals surface area contributed by atoms with E-state index in [1.807, 2.05) is 18.0 Å². The Hall–Kier alpha value is -2.17.